The summed E-state index contributed by atoms with van der Waals surface area (Å²) in [7, 11) is 0. The van der Waals surface area contributed by atoms with E-state index in [0.29, 0.717) is 18.9 Å². The van der Waals surface area contributed by atoms with Gasteiger partial charge in [-0.15, -0.1) is 0 Å². The van der Waals surface area contributed by atoms with Crippen LogP contribution in [0.4, 0.5) is 8.78 Å². The van der Waals surface area contributed by atoms with Crippen molar-refractivity contribution in [2.45, 2.75) is 56.9 Å². The van der Waals surface area contributed by atoms with Crippen LogP contribution < -0.4 is 5.32 Å². The molecule has 2 aliphatic rings. The normalized spacial score (nSPS) is 37.3. The number of rotatable bonds is 2. The number of hydrogen-bond donors (Lipinski definition) is 1. The molecule has 3 heteroatoms. The largest absolute Gasteiger partial charge is 0.314 e. The molecular formula is C11H19F2N. The predicted molar refractivity (Wildman–Crippen MR) is 52.5 cm³/mol. The fourth-order valence-corrected chi connectivity index (χ4v) is 2.76. The molecule has 0 spiro atoms. The van der Waals surface area contributed by atoms with Crippen LogP contribution in [0.25, 0.3) is 0 Å². The van der Waals surface area contributed by atoms with Gasteiger partial charge in [0.15, 0.2) is 0 Å². The maximum Gasteiger partial charge on any atom is 0.251 e. The zero-order valence-electron chi connectivity index (χ0n) is 8.57. The van der Waals surface area contributed by atoms with E-state index >= 15 is 0 Å². The lowest BCUT2D eigenvalue weighted by Gasteiger charge is -2.32. The Kier molecular flexibility index (Phi) is 3.05. The quantitative estimate of drug-likeness (QED) is 0.727. The molecule has 0 bridgehead atoms. The Hall–Kier alpha value is -0.180. The summed E-state index contributed by atoms with van der Waals surface area (Å²) in [5.41, 5.74) is 0. The highest BCUT2D eigenvalue weighted by atomic mass is 19.3. The summed E-state index contributed by atoms with van der Waals surface area (Å²) in [4.78, 5) is 0. The maximum atomic E-state index is 13.5. The highest BCUT2D eigenvalue weighted by Gasteiger charge is 2.42. The fraction of sp³-hybridized carbons (Fsp3) is 1.00. The van der Waals surface area contributed by atoms with Gasteiger partial charge < -0.3 is 5.32 Å². The van der Waals surface area contributed by atoms with E-state index < -0.39 is 5.92 Å². The highest BCUT2D eigenvalue weighted by Crippen LogP contribution is 2.41. The van der Waals surface area contributed by atoms with E-state index in [1.54, 1.807) is 0 Å². The zero-order valence-corrected chi connectivity index (χ0v) is 8.57. The molecule has 1 saturated heterocycles. The molecule has 1 aliphatic heterocycles. The van der Waals surface area contributed by atoms with Crippen LogP contribution in [0.2, 0.25) is 0 Å². The Morgan fingerprint density at radius 2 is 2.00 bits per heavy atom. The molecule has 14 heavy (non-hydrogen) atoms. The molecule has 0 aromatic carbocycles. The van der Waals surface area contributed by atoms with Gasteiger partial charge in [0, 0.05) is 18.4 Å². The van der Waals surface area contributed by atoms with Crippen molar-refractivity contribution in [3.05, 3.63) is 0 Å². The van der Waals surface area contributed by atoms with E-state index in [0.717, 1.165) is 32.2 Å². The number of halogens is 2. The standard InChI is InChI=1S/C11H19F2N/c12-11(13)6-2-1-4-9(11)8-10-5-3-7-14-10/h9-10,14H,1-8H2. The van der Waals surface area contributed by atoms with Crippen molar-refractivity contribution < 1.29 is 8.78 Å². The zero-order chi connectivity index (χ0) is 10.0. The molecule has 0 radical (unpaired) electrons. The summed E-state index contributed by atoms with van der Waals surface area (Å²) in [6.45, 7) is 1.02. The summed E-state index contributed by atoms with van der Waals surface area (Å²) >= 11 is 0. The van der Waals surface area contributed by atoms with Crippen LogP contribution in [0, 0.1) is 5.92 Å². The topological polar surface area (TPSA) is 12.0 Å². The molecule has 82 valence electrons. The molecule has 2 rings (SSSR count). The third-order valence-electron chi connectivity index (χ3n) is 3.64. The summed E-state index contributed by atoms with van der Waals surface area (Å²) in [5.74, 6) is -2.74. The van der Waals surface area contributed by atoms with Gasteiger partial charge in [-0.3, -0.25) is 0 Å². The van der Waals surface area contributed by atoms with Crippen molar-refractivity contribution in [2.75, 3.05) is 6.54 Å². The second-order valence-corrected chi connectivity index (χ2v) is 4.73. The third kappa shape index (κ3) is 2.25. The Morgan fingerprint density at radius 3 is 2.64 bits per heavy atom. The van der Waals surface area contributed by atoms with Crippen LogP contribution in [-0.2, 0) is 0 Å². The molecule has 0 amide bonds. The average Bonchev–Trinajstić information content (AvgIpc) is 2.61. The van der Waals surface area contributed by atoms with Gasteiger partial charge >= 0.3 is 0 Å². The SMILES string of the molecule is FC1(F)CCCCC1CC1CCCN1. The molecule has 2 fully saturated rings. The molecule has 1 aliphatic carbocycles. The van der Waals surface area contributed by atoms with Gasteiger partial charge in [-0.05, 0) is 38.6 Å². The molecule has 1 heterocycles. The van der Waals surface area contributed by atoms with E-state index in [1.165, 1.54) is 0 Å². The lowest BCUT2D eigenvalue weighted by Crippen LogP contribution is -2.36. The number of alkyl halides is 2. The van der Waals surface area contributed by atoms with Gasteiger partial charge in [0.25, 0.3) is 5.92 Å². The van der Waals surface area contributed by atoms with Crippen LogP contribution in [0.3, 0.4) is 0 Å². The van der Waals surface area contributed by atoms with Crippen LogP contribution in [-0.4, -0.2) is 18.5 Å². The van der Waals surface area contributed by atoms with Crippen LogP contribution in [0.1, 0.15) is 44.9 Å². The molecule has 0 aromatic heterocycles. The Morgan fingerprint density at radius 1 is 1.14 bits per heavy atom. The third-order valence-corrected chi connectivity index (χ3v) is 3.64. The molecule has 1 nitrogen and oxygen atoms in total. The second-order valence-electron chi connectivity index (χ2n) is 4.73. The summed E-state index contributed by atoms with van der Waals surface area (Å²) in [6, 6.07) is 0.365. The molecule has 1 N–H and O–H groups in total. The minimum absolute atomic E-state index is 0.115. The number of nitrogens with one attached hydrogen (secondary N) is 1. The Bertz CT molecular complexity index is 188. The molecule has 1 saturated carbocycles. The predicted octanol–water partition coefficient (Wildman–Crippen LogP) is 2.95. The minimum Gasteiger partial charge on any atom is -0.314 e. The first-order chi connectivity index (χ1) is 6.68. The highest BCUT2D eigenvalue weighted by molar-refractivity contribution is 4.86. The van der Waals surface area contributed by atoms with E-state index in [9.17, 15) is 8.78 Å². The van der Waals surface area contributed by atoms with Crippen molar-refractivity contribution in [3.63, 3.8) is 0 Å². The van der Waals surface area contributed by atoms with Gasteiger partial charge in [-0.1, -0.05) is 6.42 Å². The van der Waals surface area contributed by atoms with Gasteiger partial charge in [-0.2, -0.15) is 0 Å². The van der Waals surface area contributed by atoms with Gasteiger partial charge in [0.2, 0.25) is 0 Å². The van der Waals surface area contributed by atoms with Crippen LogP contribution in [0.5, 0.6) is 0 Å². The van der Waals surface area contributed by atoms with E-state index in [1.807, 2.05) is 0 Å². The first-order valence-electron chi connectivity index (χ1n) is 5.80. The van der Waals surface area contributed by atoms with Gasteiger partial charge in [0.05, 0.1) is 0 Å². The molecule has 2 atom stereocenters. The molecular weight excluding hydrogens is 184 g/mol. The van der Waals surface area contributed by atoms with Crippen molar-refractivity contribution in [2.24, 2.45) is 5.92 Å². The molecule has 0 aromatic rings. The summed E-state index contributed by atoms with van der Waals surface area (Å²) in [6.07, 6.45) is 5.48. The van der Waals surface area contributed by atoms with Crippen LogP contribution >= 0.6 is 0 Å². The summed E-state index contributed by atoms with van der Waals surface area (Å²) in [5, 5.41) is 3.31. The van der Waals surface area contributed by atoms with Crippen molar-refractivity contribution in [3.8, 4) is 0 Å². The van der Waals surface area contributed by atoms with E-state index in [4.69, 9.17) is 0 Å². The Balaban J connectivity index is 1.88. The average molecular weight is 203 g/mol. The first kappa shape index (κ1) is 10.3. The van der Waals surface area contributed by atoms with Crippen molar-refractivity contribution in [1.82, 2.24) is 5.32 Å². The first-order valence-corrected chi connectivity index (χ1v) is 5.80. The second kappa shape index (κ2) is 4.13. The Labute approximate surface area is 84.3 Å². The fourth-order valence-electron chi connectivity index (χ4n) is 2.76. The lowest BCUT2D eigenvalue weighted by molar-refractivity contribution is -0.0904. The van der Waals surface area contributed by atoms with Crippen molar-refractivity contribution in [1.29, 1.82) is 0 Å². The lowest BCUT2D eigenvalue weighted by atomic mass is 9.81. The van der Waals surface area contributed by atoms with Gasteiger partial charge in [0.1, 0.15) is 0 Å². The minimum atomic E-state index is -2.39. The summed E-state index contributed by atoms with van der Waals surface area (Å²) < 4.78 is 27.0. The smallest absolute Gasteiger partial charge is 0.251 e. The molecule has 2 unspecified atom stereocenters. The van der Waals surface area contributed by atoms with Gasteiger partial charge in [-0.25, -0.2) is 8.78 Å². The van der Waals surface area contributed by atoms with Crippen molar-refractivity contribution >= 4 is 0 Å². The van der Waals surface area contributed by atoms with E-state index in [2.05, 4.69) is 5.32 Å². The van der Waals surface area contributed by atoms with Crippen LogP contribution in [0.15, 0.2) is 0 Å². The monoisotopic (exact) mass is 203 g/mol. The maximum absolute atomic E-state index is 13.5. The number of hydrogen-bond acceptors (Lipinski definition) is 1. The van der Waals surface area contributed by atoms with E-state index in [-0.39, 0.29) is 12.3 Å².